The van der Waals surface area contributed by atoms with Gasteiger partial charge in [-0.1, -0.05) is 50.6 Å². The summed E-state index contributed by atoms with van der Waals surface area (Å²) in [5.74, 6) is 0. The van der Waals surface area contributed by atoms with Gasteiger partial charge < -0.3 is 0 Å². The number of hydrogen-bond donors (Lipinski definition) is 0. The summed E-state index contributed by atoms with van der Waals surface area (Å²) in [6.07, 6.45) is 1.84. The zero-order chi connectivity index (χ0) is 15.0. The third kappa shape index (κ3) is 2.79. The second-order valence-corrected chi connectivity index (χ2v) is 6.80. The van der Waals surface area contributed by atoms with Crippen molar-refractivity contribution in [1.29, 1.82) is 0 Å². The number of halogens is 1. The molecule has 3 aromatic rings. The second-order valence-electron chi connectivity index (χ2n) is 6.36. The van der Waals surface area contributed by atoms with Crippen molar-refractivity contribution in [2.75, 3.05) is 0 Å². The van der Waals surface area contributed by atoms with Gasteiger partial charge in [-0.05, 0) is 46.9 Å². The maximum absolute atomic E-state index is 6.16. The fourth-order valence-corrected chi connectivity index (χ4v) is 2.69. The van der Waals surface area contributed by atoms with Gasteiger partial charge >= 0.3 is 0 Å². The molecule has 0 aliphatic carbocycles. The van der Waals surface area contributed by atoms with Crippen molar-refractivity contribution in [1.82, 2.24) is 4.98 Å². The number of pyridine rings is 1. The van der Waals surface area contributed by atoms with E-state index < -0.39 is 0 Å². The molecular formula is C19H18ClN. The number of nitrogens with zero attached hydrogens (tertiary/aromatic N) is 1. The molecule has 0 bridgehead atoms. The minimum absolute atomic E-state index is 0.0946. The number of rotatable bonds is 1. The van der Waals surface area contributed by atoms with E-state index in [-0.39, 0.29) is 5.41 Å². The summed E-state index contributed by atoms with van der Waals surface area (Å²) in [6, 6.07) is 16.5. The fraction of sp³-hybridized carbons (Fsp3) is 0.211. The summed E-state index contributed by atoms with van der Waals surface area (Å²) in [4.78, 5) is 4.57. The van der Waals surface area contributed by atoms with Crippen LogP contribution in [0.1, 0.15) is 26.3 Å². The van der Waals surface area contributed by atoms with Gasteiger partial charge in [0.1, 0.15) is 0 Å². The van der Waals surface area contributed by atoms with Gasteiger partial charge in [0.05, 0.1) is 5.52 Å². The van der Waals surface area contributed by atoms with E-state index in [1.807, 2.05) is 30.5 Å². The third-order valence-electron chi connectivity index (χ3n) is 3.71. The number of fused-ring (bicyclic) bond motifs is 1. The number of aromatic nitrogens is 1. The summed E-state index contributed by atoms with van der Waals surface area (Å²) >= 11 is 6.16. The van der Waals surface area contributed by atoms with Crippen LogP contribution in [0.5, 0.6) is 0 Å². The van der Waals surface area contributed by atoms with E-state index in [0.717, 1.165) is 21.7 Å². The van der Waals surface area contributed by atoms with Crippen molar-refractivity contribution in [3.63, 3.8) is 0 Å². The first-order valence-electron chi connectivity index (χ1n) is 7.10. The molecule has 0 unspecified atom stereocenters. The average Bonchev–Trinajstić information content (AvgIpc) is 2.45. The Bertz CT molecular complexity index is 800. The van der Waals surface area contributed by atoms with Crippen LogP contribution in [-0.4, -0.2) is 4.98 Å². The molecule has 0 saturated heterocycles. The van der Waals surface area contributed by atoms with E-state index in [4.69, 9.17) is 11.6 Å². The first-order chi connectivity index (χ1) is 9.95. The van der Waals surface area contributed by atoms with Crippen LogP contribution in [0, 0.1) is 0 Å². The van der Waals surface area contributed by atoms with Crippen LogP contribution < -0.4 is 0 Å². The molecule has 2 aromatic carbocycles. The summed E-state index contributed by atoms with van der Waals surface area (Å²) in [5.41, 5.74) is 4.67. The van der Waals surface area contributed by atoms with E-state index in [1.54, 1.807) is 0 Å². The molecule has 0 aliphatic heterocycles. The minimum atomic E-state index is 0.0946. The summed E-state index contributed by atoms with van der Waals surface area (Å²) < 4.78 is 0. The summed E-state index contributed by atoms with van der Waals surface area (Å²) in [6.45, 7) is 6.69. The largest absolute Gasteiger partial charge is 0.256 e. The first-order valence-corrected chi connectivity index (χ1v) is 7.48. The SMILES string of the molecule is CC(C)(C)c1cc(-c2cccc(Cl)c2)c2ncccc2c1. The van der Waals surface area contributed by atoms with Crippen LogP contribution in [0.4, 0.5) is 0 Å². The lowest BCUT2D eigenvalue weighted by Crippen LogP contribution is -2.11. The van der Waals surface area contributed by atoms with Crippen molar-refractivity contribution in [2.24, 2.45) is 0 Å². The monoisotopic (exact) mass is 295 g/mol. The van der Waals surface area contributed by atoms with Crippen LogP contribution in [-0.2, 0) is 5.41 Å². The topological polar surface area (TPSA) is 12.9 Å². The van der Waals surface area contributed by atoms with Crippen LogP contribution in [0.2, 0.25) is 5.02 Å². The lowest BCUT2D eigenvalue weighted by atomic mass is 9.84. The van der Waals surface area contributed by atoms with Crippen LogP contribution in [0.15, 0.2) is 54.7 Å². The van der Waals surface area contributed by atoms with Gasteiger partial charge in [-0.2, -0.15) is 0 Å². The molecule has 1 aromatic heterocycles. The number of hydrogen-bond acceptors (Lipinski definition) is 1. The molecule has 0 amide bonds. The number of benzene rings is 2. The zero-order valence-electron chi connectivity index (χ0n) is 12.5. The normalized spacial score (nSPS) is 11.8. The minimum Gasteiger partial charge on any atom is -0.256 e. The molecule has 106 valence electrons. The highest BCUT2D eigenvalue weighted by Crippen LogP contribution is 2.34. The van der Waals surface area contributed by atoms with Crippen molar-refractivity contribution < 1.29 is 0 Å². The molecule has 21 heavy (non-hydrogen) atoms. The van der Waals surface area contributed by atoms with Crippen molar-refractivity contribution in [3.8, 4) is 11.1 Å². The Morgan fingerprint density at radius 2 is 1.76 bits per heavy atom. The molecule has 0 fully saturated rings. The predicted molar refractivity (Wildman–Crippen MR) is 90.9 cm³/mol. The highest BCUT2D eigenvalue weighted by atomic mass is 35.5. The molecular weight excluding hydrogens is 278 g/mol. The highest BCUT2D eigenvalue weighted by molar-refractivity contribution is 6.30. The maximum Gasteiger partial charge on any atom is 0.0780 e. The van der Waals surface area contributed by atoms with Gasteiger partial charge in [0.2, 0.25) is 0 Å². The molecule has 3 rings (SSSR count). The average molecular weight is 296 g/mol. The van der Waals surface area contributed by atoms with E-state index in [2.05, 4.69) is 50.0 Å². The maximum atomic E-state index is 6.16. The Morgan fingerprint density at radius 3 is 2.48 bits per heavy atom. The molecule has 1 nitrogen and oxygen atoms in total. The van der Waals surface area contributed by atoms with Crippen LogP contribution in [0.25, 0.3) is 22.0 Å². The molecule has 0 aliphatic rings. The fourth-order valence-electron chi connectivity index (χ4n) is 2.50. The van der Waals surface area contributed by atoms with Gasteiger partial charge in [-0.25, -0.2) is 0 Å². The lowest BCUT2D eigenvalue weighted by Gasteiger charge is -2.21. The van der Waals surface area contributed by atoms with Crippen molar-refractivity contribution in [2.45, 2.75) is 26.2 Å². The van der Waals surface area contributed by atoms with E-state index in [0.29, 0.717) is 0 Å². The van der Waals surface area contributed by atoms with Gasteiger partial charge in [-0.3, -0.25) is 4.98 Å². The summed E-state index contributed by atoms with van der Waals surface area (Å²) in [5, 5.41) is 1.91. The summed E-state index contributed by atoms with van der Waals surface area (Å²) in [7, 11) is 0. The Morgan fingerprint density at radius 1 is 0.952 bits per heavy atom. The van der Waals surface area contributed by atoms with Gasteiger partial charge in [0, 0.05) is 22.2 Å². The molecule has 0 atom stereocenters. The Kier molecular flexibility index (Phi) is 3.46. The van der Waals surface area contributed by atoms with Crippen LogP contribution >= 0.6 is 11.6 Å². The second kappa shape index (κ2) is 5.16. The Hall–Kier alpha value is -1.86. The van der Waals surface area contributed by atoms with Gasteiger partial charge in [-0.15, -0.1) is 0 Å². The van der Waals surface area contributed by atoms with E-state index in [1.165, 1.54) is 10.9 Å². The molecule has 0 saturated carbocycles. The van der Waals surface area contributed by atoms with Crippen LogP contribution in [0.3, 0.4) is 0 Å². The Labute approximate surface area is 130 Å². The quantitative estimate of drug-likeness (QED) is 0.548. The van der Waals surface area contributed by atoms with E-state index >= 15 is 0 Å². The lowest BCUT2D eigenvalue weighted by molar-refractivity contribution is 0.591. The van der Waals surface area contributed by atoms with Gasteiger partial charge in [0.15, 0.2) is 0 Å². The first kappa shape index (κ1) is 14.1. The smallest absolute Gasteiger partial charge is 0.0780 e. The molecule has 0 spiro atoms. The predicted octanol–water partition coefficient (Wildman–Crippen LogP) is 5.85. The standard InChI is InChI=1S/C19H18ClN/c1-19(2,3)15-10-14-7-5-9-21-18(14)17(12-15)13-6-4-8-16(20)11-13/h4-12H,1-3H3. The van der Waals surface area contributed by atoms with Crippen molar-refractivity contribution >= 4 is 22.5 Å². The third-order valence-corrected chi connectivity index (χ3v) is 3.94. The zero-order valence-corrected chi connectivity index (χ0v) is 13.3. The molecule has 2 heteroatoms. The highest BCUT2D eigenvalue weighted by Gasteiger charge is 2.17. The molecule has 1 heterocycles. The van der Waals surface area contributed by atoms with Crippen molar-refractivity contribution in [3.05, 3.63) is 65.3 Å². The molecule has 0 N–H and O–H groups in total. The van der Waals surface area contributed by atoms with Gasteiger partial charge in [0.25, 0.3) is 0 Å². The Balaban J connectivity index is 2.34. The molecule has 0 radical (unpaired) electrons. The van der Waals surface area contributed by atoms with E-state index in [9.17, 15) is 0 Å².